The first kappa shape index (κ1) is 18.4. The molecule has 0 spiro atoms. The first-order chi connectivity index (χ1) is 11.6. The largest absolute Gasteiger partial charge is 0.493 e. The predicted molar refractivity (Wildman–Crippen MR) is 93.8 cm³/mol. The molecule has 7 heteroatoms. The van der Waals surface area contributed by atoms with Crippen molar-refractivity contribution in [1.82, 2.24) is 10.3 Å². The monoisotopic (exact) mass is 368 g/mol. The molecule has 1 aromatic carbocycles. The van der Waals surface area contributed by atoms with Crippen molar-refractivity contribution in [1.29, 1.82) is 0 Å². The molecule has 1 N–H and O–H groups in total. The second kappa shape index (κ2) is 9.35. The molecule has 24 heavy (non-hydrogen) atoms. The summed E-state index contributed by atoms with van der Waals surface area (Å²) in [6.45, 7) is 3.01. The number of amides is 1. The highest BCUT2D eigenvalue weighted by Crippen LogP contribution is 2.26. The maximum atomic E-state index is 11.9. The number of nitrogens with zero attached hydrogens (tertiary/aromatic N) is 1. The van der Waals surface area contributed by atoms with Crippen LogP contribution in [0.2, 0.25) is 10.0 Å². The molecule has 0 fully saturated rings. The van der Waals surface area contributed by atoms with E-state index in [2.05, 4.69) is 10.3 Å². The number of ether oxygens (including phenoxy) is 2. The molecule has 0 saturated heterocycles. The molecule has 128 valence electrons. The summed E-state index contributed by atoms with van der Waals surface area (Å²) < 4.78 is 10.9. The zero-order valence-corrected chi connectivity index (χ0v) is 14.7. The average Bonchev–Trinajstić information content (AvgIpc) is 2.57. The fraction of sp³-hybridized carbons (Fsp3) is 0.294. The van der Waals surface area contributed by atoms with Gasteiger partial charge in [0.15, 0.2) is 0 Å². The van der Waals surface area contributed by atoms with Crippen LogP contribution in [0.4, 0.5) is 0 Å². The van der Waals surface area contributed by atoms with E-state index < -0.39 is 0 Å². The van der Waals surface area contributed by atoms with Gasteiger partial charge < -0.3 is 14.8 Å². The summed E-state index contributed by atoms with van der Waals surface area (Å²) in [4.78, 5) is 16.0. The van der Waals surface area contributed by atoms with Crippen LogP contribution in [0.25, 0.3) is 0 Å². The third kappa shape index (κ3) is 5.58. The number of halogens is 2. The summed E-state index contributed by atoms with van der Waals surface area (Å²) in [6.07, 6.45) is 1.88. The van der Waals surface area contributed by atoms with Gasteiger partial charge in [-0.15, -0.1) is 0 Å². The van der Waals surface area contributed by atoms with E-state index in [0.29, 0.717) is 34.8 Å². The van der Waals surface area contributed by atoms with Crippen molar-refractivity contribution in [3.05, 3.63) is 52.1 Å². The van der Waals surface area contributed by atoms with E-state index >= 15 is 0 Å². The van der Waals surface area contributed by atoms with Gasteiger partial charge in [-0.25, -0.2) is 4.98 Å². The highest BCUT2D eigenvalue weighted by atomic mass is 35.5. The molecule has 1 amide bonds. The lowest BCUT2D eigenvalue weighted by Gasteiger charge is -2.10. The van der Waals surface area contributed by atoms with Gasteiger partial charge in [0, 0.05) is 24.4 Å². The van der Waals surface area contributed by atoms with Crippen LogP contribution in [0.5, 0.6) is 11.6 Å². The van der Waals surface area contributed by atoms with Crippen LogP contribution >= 0.6 is 23.2 Å². The molecule has 1 heterocycles. The standard InChI is InChI=1S/C17H18Cl2N2O3/c1-2-23-17-12(4-3-8-20-17)11-21-16(22)7-9-24-13-5-6-14(18)15(19)10-13/h3-6,8,10H,2,7,9,11H2,1H3,(H,21,22). The van der Waals surface area contributed by atoms with Gasteiger partial charge in [0.1, 0.15) is 5.75 Å². The average molecular weight is 369 g/mol. The number of pyridine rings is 1. The summed E-state index contributed by atoms with van der Waals surface area (Å²) in [5.41, 5.74) is 0.832. The zero-order chi connectivity index (χ0) is 17.4. The van der Waals surface area contributed by atoms with Gasteiger partial charge in [-0.05, 0) is 25.1 Å². The molecule has 2 rings (SSSR count). The highest BCUT2D eigenvalue weighted by molar-refractivity contribution is 6.42. The summed E-state index contributed by atoms with van der Waals surface area (Å²) >= 11 is 11.7. The number of aromatic nitrogens is 1. The Morgan fingerprint density at radius 3 is 2.79 bits per heavy atom. The van der Waals surface area contributed by atoms with Crippen LogP contribution < -0.4 is 14.8 Å². The number of carbonyl (C=O) groups is 1. The number of nitrogens with one attached hydrogen (secondary N) is 1. The normalized spacial score (nSPS) is 10.3. The molecule has 1 aromatic heterocycles. The Morgan fingerprint density at radius 2 is 2.04 bits per heavy atom. The number of rotatable bonds is 8. The van der Waals surface area contributed by atoms with Crippen molar-refractivity contribution in [2.45, 2.75) is 19.9 Å². The lowest BCUT2D eigenvalue weighted by atomic mass is 10.2. The van der Waals surface area contributed by atoms with E-state index in [1.54, 1.807) is 30.5 Å². The second-order valence-corrected chi connectivity index (χ2v) is 5.67. The van der Waals surface area contributed by atoms with Crippen molar-refractivity contribution in [3.8, 4) is 11.6 Å². The fourth-order valence-electron chi connectivity index (χ4n) is 1.94. The molecule has 0 aliphatic heterocycles. The summed E-state index contributed by atoms with van der Waals surface area (Å²) in [5.74, 6) is 0.983. The van der Waals surface area contributed by atoms with E-state index in [1.165, 1.54) is 0 Å². The van der Waals surface area contributed by atoms with Crippen molar-refractivity contribution in [2.24, 2.45) is 0 Å². The lowest BCUT2D eigenvalue weighted by Crippen LogP contribution is -2.24. The minimum absolute atomic E-state index is 0.124. The maximum absolute atomic E-state index is 11.9. The number of benzene rings is 1. The molecule has 5 nitrogen and oxygen atoms in total. The van der Waals surface area contributed by atoms with Crippen molar-refractivity contribution in [2.75, 3.05) is 13.2 Å². The molecule has 0 bridgehead atoms. The SMILES string of the molecule is CCOc1ncccc1CNC(=O)CCOc1ccc(Cl)c(Cl)c1. The quantitative estimate of drug-likeness (QED) is 0.767. The predicted octanol–water partition coefficient (Wildman–Crippen LogP) is 3.87. The van der Waals surface area contributed by atoms with Crippen LogP contribution in [0.3, 0.4) is 0 Å². The minimum atomic E-state index is -0.124. The second-order valence-electron chi connectivity index (χ2n) is 4.85. The Hall–Kier alpha value is -1.98. The van der Waals surface area contributed by atoms with Crippen LogP contribution in [0.15, 0.2) is 36.5 Å². The number of hydrogen-bond donors (Lipinski definition) is 1. The third-order valence-electron chi connectivity index (χ3n) is 3.10. The molecule has 0 unspecified atom stereocenters. The Balaban J connectivity index is 1.76. The van der Waals surface area contributed by atoms with Crippen molar-refractivity contribution in [3.63, 3.8) is 0 Å². The Morgan fingerprint density at radius 1 is 1.21 bits per heavy atom. The summed E-state index contributed by atoms with van der Waals surface area (Å²) in [6, 6.07) is 8.64. The van der Waals surface area contributed by atoms with Crippen molar-refractivity contribution < 1.29 is 14.3 Å². The van der Waals surface area contributed by atoms with Gasteiger partial charge in [0.2, 0.25) is 11.8 Å². The lowest BCUT2D eigenvalue weighted by molar-refractivity contribution is -0.121. The Labute approximate surface area is 150 Å². The van der Waals surface area contributed by atoms with Gasteiger partial charge in [-0.3, -0.25) is 4.79 Å². The van der Waals surface area contributed by atoms with Gasteiger partial charge in [-0.1, -0.05) is 29.3 Å². The number of carbonyl (C=O) groups excluding carboxylic acids is 1. The zero-order valence-electron chi connectivity index (χ0n) is 13.2. The summed E-state index contributed by atoms with van der Waals surface area (Å²) in [7, 11) is 0. The highest BCUT2D eigenvalue weighted by Gasteiger charge is 2.07. The minimum Gasteiger partial charge on any atom is -0.493 e. The molecular formula is C17H18Cl2N2O3. The van der Waals surface area contributed by atoms with Gasteiger partial charge >= 0.3 is 0 Å². The van der Waals surface area contributed by atoms with Crippen LogP contribution in [0, 0.1) is 0 Å². The molecule has 2 aromatic rings. The first-order valence-electron chi connectivity index (χ1n) is 7.51. The van der Waals surface area contributed by atoms with E-state index in [-0.39, 0.29) is 18.9 Å². The van der Waals surface area contributed by atoms with Crippen molar-refractivity contribution >= 4 is 29.1 Å². The van der Waals surface area contributed by atoms with E-state index in [9.17, 15) is 4.79 Å². The van der Waals surface area contributed by atoms with E-state index in [4.69, 9.17) is 32.7 Å². The van der Waals surface area contributed by atoms with Crippen LogP contribution in [0.1, 0.15) is 18.9 Å². The molecule has 0 aliphatic carbocycles. The number of hydrogen-bond acceptors (Lipinski definition) is 4. The Bertz CT molecular complexity index is 695. The van der Waals surface area contributed by atoms with Gasteiger partial charge in [0.25, 0.3) is 0 Å². The van der Waals surface area contributed by atoms with Crippen LogP contribution in [-0.2, 0) is 11.3 Å². The molecule has 0 radical (unpaired) electrons. The molecule has 0 saturated carbocycles. The first-order valence-corrected chi connectivity index (χ1v) is 8.27. The topological polar surface area (TPSA) is 60.5 Å². The van der Waals surface area contributed by atoms with Gasteiger partial charge in [0.05, 0.1) is 29.7 Å². The van der Waals surface area contributed by atoms with Gasteiger partial charge in [-0.2, -0.15) is 0 Å². The van der Waals surface area contributed by atoms with E-state index in [0.717, 1.165) is 5.56 Å². The fourth-order valence-corrected chi connectivity index (χ4v) is 2.22. The smallest absolute Gasteiger partial charge is 0.223 e. The van der Waals surface area contributed by atoms with Crippen LogP contribution in [-0.4, -0.2) is 24.1 Å². The summed E-state index contributed by atoms with van der Waals surface area (Å²) in [5, 5.41) is 3.70. The third-order valence-corrected chi connectivity index (χ3v) is 3.83. The molecular weight excluding hydrogens is 351 g/mol. The van der Waals surface area contributed by atoms with E-state index in [1.807, 2.05) is 13.0 Å². The molecule has 0 atom stereocenters. The maximum Gasteiger partial charge on any atom is 0.223 e. The Kier molecular flexibility index (Phi) is 7.15. The molecule has 0 aliphatic rings.